The summed E-state index contributed by atoms with van der Waals surface area (Å²) in [4.78, 5) is 15.6. The summed E-state index contributed by atoms with van der Waals surface area (Å²) >= 11 is 0. The van der Waals surface area contributed by atoms with Gasteiger partial charge in [-0.15, -0.1) is 0 Å². The van der Waals surface area contributed by atoms with Gasteiger partial charge in [0.2, 0.25) is 0 Å². The summed E-state index contributed by atoms with van der Waals surface area (Å²) in [6, 6.07) is 7.75. The highest BCUT2D eigenvalue weighted by Gasteiger charge is 2.13. The number of benzene rings is 1. The number of carbonyl (C=O) groups excluding carboxylic acids is 1. The molecule has 2 aromatic rings. The molecule has 19 heavy (non-hydrogen) atoms. The Morgan fingerprint density at radius 2 is 2.26 bits per heavy atom. The molecule has 1 atom stereocenters. The Kier molecular flexibility index (Phi) is 4.47. The molecule has 0 radical (unpaired) electrons. The third-order valence-electron chi connectivity index (χ3n) is 3.01. The van der Waals surface area contributed by atoms with E-state index < -0.39 is 0 Å². The van der Waals surface area contributed by atoms with Crippen molar-refractivity contribution >= 4 is 16.7 Å². The fourth-order valence-electron chi connectivity index (χ4n) is 1.96. The molecule has 1 N–H and O–H groups in total. The largest absolute Gasteiger partial charge is 0.465 e. The van der Waals surface area contributed by atoms with E-state index in [0.717, 1.165) is 16.3 Å². The maximum atomic E-state index is 11.5. The third-order valence-corrected chi connectivity index (χ3v) is 3.01. The first-order valence-corrected chi connectivity index (χ1v) is 6.44. The molecule has 1 heterocycles. The zero-order valence-corrected chi connectivity index (χ0v) is 11.2. The van der Waals surface area contributed by atoms with E-state index in [4.69, 9.17) is 4.74 Å². The lowest BCUT2D eigenvalue weighted by Crippen LogP contribution is -2.34. The molecule has 4 nitrogen and oxygen atoms in total. The van der Waals surface area contributed by atoms with Crippen LogP contribution in [0.15, 0.2) is 36.7 Å². The van der Waals surface area contributed by atoms with Crippen molar-refractivity contribution < 1.29 is 9.53 Å². The minimum Gasteiger partial charge on any atom is -0.465 e. The van der Waals surface area contributed by atoms with Crippen LogP contribution in [-0.4, -0.2) is 23.6 Å². The minimum atomic E-state index is -0.308. The van der Waals surface area contributed by atoms with Gasteiger partial charge in [0.1, 0.15) is 6.04 Å². The predicted molar refractivity (Wildman–Crippen MR) is 74.7 cm³/mol. The second-order valence-corrected chi connectivity index (χ2v) is 4.37. The summed E-state index contributed by atoms with van der Waals surface area (Å²) in [6.45, 7) is 4.65. The fraction of sp³-hybridized carbons (Fsp3) is 0.333. The number of rotatable bonds is 5. The normalized spacial score (nSPS) is 12.3. The van der Waals surface area contributed by atoms with Crippen molar-refractivity contribution in [1.82, 2.24) is 10.3 Å². The van der Waals surface area contributed by atoms with Gasteiger partial charge in [0, 0.05) is 24.3 Å². The van der Waals surface area contributed by atoms with Crippen molar-refractivity contribution in [2.75, 3.05) is 6.61 Å². The molecule has 0 aliphatic carbocycles. The number of esters is 1. The highest BCUT2D eigenvalue weighted by molar-refractivity contribution is 5.84. The van der Waals surface area contributed by atoms with E-state index in [9.17, 15) is 4.79 Å². The van der Waals surface area contributed by atoms with E-state index in [2.05, 4.69) is 10.3 Å². The maximum Gasteiger partial charge on any atom is 0.322 e. The Morgan fingerprint density at radius 1 is 1.42 bits per heavy atom. The number of pyridine rings is 1. The van der Waals surface area contributed by atoms with Gasteiger partial charge < -0.3 is 10.1 Å². The highest BCUT2D eigenvalue weighted by atomic mass is 16.5. The standard InChI is InChI=1S/C15H18N2O2/c1-3-19-15(18)11(2)17-10-13-6-4-5-12-9-16-8-7-14(12)13/h4-9,11,17H,3,10H2,1-2H3. The SMILES string of the molecule is CCOC(=O)C(C)NCc1cccc2cnccc12. The monoisotopic (exact) mass is 258 g/mol. The van der Waals surface area contributed by atoms with E-state index in [1.807, 2.05) is 44.3 Å². The summed E-state index contributed by atoms with van der Waals surface area (Å²) in [5.41, 5.74) is 1.15. The lowest BCUT2D eigenvalue weighted by Gasteiger charge is -2.13. The van der Waals surface area contributed by atoms with Crippen LogP contribution in [0.4, 0.5) is 0 Å². The van der Waals surface area contributed by atoms with Crippen LogP contribution in [0.2, 0.25) is 0 Å². The van der Waals surface area contributed by atoms with Crippen LogP contribution < -0.4 is 5.32 Å². The molecule has 0 bridgehead atoms. The molecule has 0 aliphatic heterocycles. The molecule has 1 aromatic heterocycles. The number of nitrogens with one attached hydrogen (secondary N) is 1. The zero-order chi connectivity index (χ0) is 13.7. The second-order valence-electron chi connectivity index (χ2n) is 4.37. The van der Waals surface area contributed by atoms with E-state index in [1.165, 1.54) is 0 Å². The van der Waals surface area contributed by atoms with Gasteiger partial charge in [0.15, 0.2) is 0 Å². The molecule has 0 spiro atoms. The maximum absolute atomic E-state index is 11.5. The topological polar surface area (TPSA) is 51.2 Å². The first-order valence-electron chi connectivity index (χ1n) is 6.44. The molecule has 4 heteroatoms. The summed E-state index contributed by atoms with van der Waals surface area (Å²) in [7, 11) is 0. The Morgan fingerprint density at radius 3 is 3.05 bits per heavy atom. The minimum absolute atomic E-state index is 0.218. The van der Waals surface area contributed by atoms with E-state index in [1.54, 1.807) is 6.20 Å². The van der Waals surface area contributed by atoms with Gasteiger partial charge in [0.05, 0.1) is 6.61 Å². The summed E-state index contributed by atoms with van der Waals surface area (Å²) in [5, 5.41) is 5.44. The van der Waals surface area contributed by atoms with Crippen molar-refractivity contribution in [2.24, 2.45) is 0 Å². The van der Waals surface area contributed by atoms with Crippen LogP contribution in [0.1, 0.15) is 19.4 Å². The molecule has 1 aromatic carbocycles. The van der Waals surface area contributed by atoms with Gasteiger partial charge in [-0.05, 0) is 30.9 Å². The average molecular weight is 258 g/mol. The van der Waals surface area contributed by atoms with Crippen LogP contribution in [0.3, 0.4) is 0 Å². The molecule has 0 amide bonds. The average Bonchev–Trinajstić information content (AvgIpc) is 2.45. The summed E-state index contributed by atoms with van der Waals surface area (Å²) in [6.07, 6.45) is 3.62. The van der Waals surface area contributed by atoms with Crippen molar-refractivity contribution in [3.05, 3.63) is 42.2 Å². The van der Waals surface area contributed by atoms with Crippen LogP contribution >= 0.6 is 0 Å². The van der Waals surface area contributed by atoms with E-state index in [0.29, 0.717) is 13.2 Å². The number of hydrogen-bond donors (Lipinski definition) is 1. The Hall–Kier alpha value is -1.94. The van der Waals surface area contributed by atoms with Crippen LogP contribution in [0, 0.1) is 0 Å². The van der Waals surface area contributed by atoms with Crippen LogP contribution in [0.25, 0.3) is 10.8 Å². The fourth-order valence-corrected chi connectivity index (χ4v) is 1.96. The number of nitrogens with zero attached hydrogens (tertiary/aromatic N) is 1. The lowest BCUT2D eigenvalue weighted by atomic mass is 10.1. The molecule has 0 aliphatic rings. The molecule has 1 unspecified atom stereocenters. The van der Waals surface area contributed by atoms with Gasteiger partial charge in [-0.3, -0.25) is 9.78 Å². The molecule has 0 fully saturated rings. The molecular formula is C15H18N2O2. The Labute approximate surface area is 112 Å². The summed E-state index contributed by atoms with van der Waals surface area (Å²) < 4.78 is 4.97. The van der Waals surface area contributed by atoms with Crippen molar-refractivity contribution in [3.63, 3.8) is 0 Å². The Balaban J connectivity index is 2.08. The predicted octanol–water partition coefficient (Wildman–Crippen LogP) is 2.28. The van der Waals surface area contributed by atoms with Gasteiger partial charge in [0.25, 0.3) is 0 Å². The van der Waals surface area contributed by atoms with E-state index in [-0.39, 0.29) is 12.0 Å². The van der Waals surface area contributed by atoms with Gasteiger partial charge in [-0.1, -0.05) is 18.2 Å². The van der Waals surface area contributed by atoms with Crippen LogP contribution in [0.5, 0.6) is 0 Å². The van der Waals surface area contributed by atoms with Crippen LogP contribution in [-0.2, 0) is 16.1 Å². The first-order chi connectivity index (χ1) is 9.22. The van der Waals surface area contributed by atoms with Gasteiger partial charge >= 0.3 is 5.97 Å². The Bertz CT molecular complexity index is 564. The smallest absolute Gasteiger partial charge is 0.322 e. The molecule has 2 rings (SSSR count). The molecule has 0 saturated carbocycles. The molecule has 100 valence electrons. The molecular weight excluding hydrogens is 240 g/mol. The lowest BCUT2D eigenvalue weighted by molar-refractivity contribution is -0.145. The van der Waals surface area contributed by atoms with Gasteiger partial charge in [-0.2, -0.15) is 0 Å². The first kappa shape index (κ1) is 13.5. The van der Waals surface area contributed by atoms with Crippen molar-refractivity contribution in [3.8, 4) is 0 Å². The zero-order valence-electron chi connectivity index (χ0n) is 11.2. The van der Waals surface area contributed by atoms with E-state index >= 15 is 0 Å². The second kappa shape index (κ2) is 6.29. The molecule has 0 saturated heterocycles. The summed E-state index contributed by atoms with van der Waals surface area (Å²) in [5.74, 6) is -0.218. The van der Waals surface area contributed by atoms with Crippen molar-refractivity contribution in [2.45, 2.75) is 26.4 Å². The number of aromatic nitrogens is 1. The number of fused-ring (bicyclic) bond motifs is 1. The number of hydrogen-bond acceptors (Lipinski definition) is 4. The highest BCUT2D eigenvalue weighted by Crippen LogP contribution is 2.17. The number of carbonyl (C=O) groups is 1. The van der Waals surface area contributed by atoms with Gasteiger partial charge in [-0.25, -0.2) is 0 Å². The number of ether oxygens (including phenoxy) is 1. The third kappa shape index (κ3) is 3.29. The quantitative estimate of drug-likeness (QED) is 0.836. The van der Waals surface area contributed by atoms with Crippen molar-refractivity contribution in [1.29, 1.82) is 0 Å².